The second-order valence-electron chi connectivity index (χ2n) is 8.82. The number of nitrogens with zero attached hydrogens (tertiary/aromatic N) is 1. The van der Waals surface area contributed by atoms with Crippen LogP contribution in [0.15, 0.2) is 10.6 Å². The smallest absolute Gasteiger partial charge is 0.353 e. The fourth-order valence-corrected chi connectivity index (χ4v) is 7.28. The van der Waals surface area contributed by atoms with E-state index < -0.39 is 24.0 Å². The van der Waals surface area contributed by atoms with Gasteiger partial charge >= 0.3 is 12.0 Å². The van der Waals surface area contributed by atoms with Gasteiger partial charge in [0.1, 0.15) is 5.70 Å². The third kappa shape index (κ3) is 5.99. The Kier molecular flexibility index (Phi) is 9.13. The lowest BCUT2D eigenvalue weighted by atomic mass is 9.79. The average Bonchev–Trinajstić information content (AvgIpc) is 3.29. The first kappa shape index (κ1) is 26.6. The highest BCUT2D eigenvalue weighted by molar-refractivity contribution is 8.03. The lowest BCUT2D eigenvalue weighted by Gasteiger charge is -2.46. The van der Waals surface area contributed by atoms with Crippen molar-refractivity contribution in [2.45, 2.75) is 50.1 Å². The Morgan fingerprint density at radius 3 is 2.65 bits per heavy atom. The maximum Gasteiger partial charge on any atom is 0.353 e. The monoisotopic (exact) mass is 515 g/mol. The molecule has 34 heavy (non-hydrogen) atoms. The normalized spacial score (nSPS) is 29.0. The second kappa shape index (κ2) is 11.6. The Balaban J connectivity index is 1.42. The van der Waals surface area contributed by atoms with Crippen molar-refractivity contribution in [1.29, 1.82) is 0 Å². The standard InChI is InChI=1S/C21H33N5O6S2/c1-10-16-15(11(2)27)19(29)26(16)17(20(30)31)18(10)34-13-7-12(25-8-13)9-33-6-3-14(28)23-4-5-24-21(22)32/h10-13,15-16,25,27H,3-9H2,1-2H3,(H,23,28)(H,30,31)(H3,22,24,32)/t10-,11-,12+,13+,15-,16-/m1/s1. The van der Waals surface area contributed by atoms with E-state index in [0.717, 1.165) is 23.6 Å². The summed E-state index contributed by atoms with van der Waals surface area (Å²) in [6, 6.07) is -0.648. The third-order valence-corrected chi connectivity index (χ3v) is 8.97. The quantitative estimate of drug-likeness (QED) is 0.148. The molecule has 0 aliphatic carbocycles. The summed E-state index contributed by atoms with van der Waals surface area (Å²) in [5.74, 6) is -0.655. The van der Waals surface area contributed by atoms with Crippen LogP contribution < -0.4 is 21.7 Å². The largest absolute Gasteiger partial charge is 0.477 e. The first-order valence-electron chi connectivity index (χ1n) is 11.4. The predicted octanol–water partition coefficient (Wildman–Crippen LogP) is -0.488. The summed E-state index contributed by atoms with van der Waals surface area (Å²) < 4.78 is 0. The number of hydrogen-bond donors (Lipinski definition) is 6. The number of urea groups is 1. The van der Waals surface area contributed by atoms with E-state index in [1.54, 1.807) is 18.7 Å². The minimum atomic E-state index is -1.10. The highest BCUT2D eigenvalue weighted by Gasteiger charge is 2.60. The molecule has 0 bridgehead atoms. The summed E-state index contributed by atoms with van der Waals surface area (Å²) in [6.07, 6.45) is 0.442. The molecule has 0 spiro atoms. The number of carbonyl (C=O) groups is 4. The molecule has 0 aromatic heterocycles. The molecular formula is C21H33N5O6S2. The summed E-state index contributed by atoms with van der Waals surface area (Å²) in [7, 11) is 0. The van der Waals surface area contributed by atoms with Gasteiger partial charge in [0.2, 0.25) is 11.8 Å². The maximum absolute atomic E-state index is 12.5. The molecule has 3 aliphatic rings. The van der Waals surface area contributed by atoms with Gasteiger partial charge in [0.25, 0.3) is 0 Å². The van der Waals surface area contributed by atoms with Crippen LogP contribution >= 0.6 is 23.5 Å². The van der Waals surface area contributed by atoms with E-state index in [4.69, 9.17) is 5.73 Å². The molecule has 0 unspecified atom stereocenters. The minimum absolute atomic E-state index is 0.0688. The number of aliphatic carboxylic acids is 1. The van der Waals surface area contributed by atoms with E-state index in [9.17, 15) is 29.4 Å². The summed E-state index contributed by atoms with van der Waals surface area (Å²) in [4.78, 5) is 48.9. The van der Waals surface area contributed by atoms with Crippen LogP contribution in [0.25, 0.3) is 0 Å². The average molecular weight is 516 g/mol. The van der Waals surface area contributed by atoms with E-state index >= 15 is 0 Å². The molecule has 3 rings (SSSR count). The molecule has 11 nitrogen and oxygen atoms in total. The number of carbonyl (C=O) groups excluding carboxylic acids is 3. The van der Waals surface area contributed by atoms with Crippen molar-refractivity contribution in [1.82, 2.24) is 20.9 Å². The summed E-state index contributed by atoms with van der Waals surface area (Å²) in [5.41, 5.74) is 5.03. The van der Waals surface area contributed by atoms with Crippen molar-refractivity contribution >= 4 is 47.3 Å². The fourth-order valence-electron chi connectivity index (χ4n) is 4.72. The number of rotatable bonds is 12. The lowest BCUT2D eigenvalue weighted by molar-refractivity contribution is -0.163. The first-order chi connectivity index (χ1) is 16.1. The van der Waals surface area contributed by atoms with Gasteiger partial charge in [0.15, 0.2) is 0 Å². The number of β-lactam (4-membered cyclic amide) rings is 1. The van der Waals surface area contributed by atoms with Gasteiger partial charge in [0.05, 0.1) is 18.1 Å². The van der Waals surface area contributed by atoms with Gasteiger partial charge in [-0.2, -0.15) is 11.8 Å². The molecule has 3 heterocycles. The first-order valence-corrected chi connectivity index (χ1v) is 13.4. The van der Waals surface area contributed by atoms with Crippen molar-refractivity contribution in [2.75, 3.05) is 31.1 Å². The minimum Gasteiger partial charge on any atom is -0.477 e. The van der Waals surface area contributed by atoms with Crippen molar-refractivity contribution in [3.05, 3.63) is 10.6 Å². The van der Waals surface area contributed by atoms with Gasteiger partial charge in [-0.3, -0.25) is 9.59 Å². The van der Waals surface area contributed by atoms with E-state index in [2.05, 4.69) is 16.0 Å². The fraction of sp³-hybridized carbons (Fsp3) is 0.714. The van der Waals surface area contributed by atoms with E-state index in [0.29, 0.717) is 25.3 Å². The van der Waals surface area contributed by atoms with Crippen LogP contribution in [-0.2, 0) is 14.4 Å². The van der Waals surface area contributed by atoms with Gasteiger partial charge in [-0.25, -0.2) is 9.59 Å². The van der Waals surface area contributed by atoms with Crippen molar-refractivity contribution < 1.29 is 29.4 Å². The Morgan fingerprint density at radius 2 is 2.00 bits per heavy atom. The molecule has 13 heteroatoms. The molecule has 3 aliphatic heterocycles. The van der Waals surface area contributed by atoms with E-state index in [1.807, 2.05) is 6.92 Å². The maximum atomic E-state index is 12.5. The zero-order valence-corrected chi connectivity index (χ0v) is 20.9. The second-order valence-corrected chi connectivity index (χ2v) is 11.3. The predicted molar refractivity (Wildman–Crippen MR) is 130 cm³/mol. The Hall–Kier alpha value is -1.96. The summed E-state index contributed by atoms with van der Waals surface area (Å²) >= 11 is 3.21. The van der Waals surface area contributed by atoms with Gasteiger partial charge in [0, 0.05) is 59.7 Å². The number of carboxylic acid groups (broad SMARTS) is 1. The third-order valence-electron chi connectivity index (χ3n) is 6.33. The van der Waals surface area contributed by atoms with Crippen LogP contribution in [0, 0.1) is 11.8 Å². The zero-order valence-electron chi connectivity index (χ0n) is 19.3. The van der Waals surface area contributed by atoms with Crippen LogP contribution in [0.4, 0.5) is 4.79 Å². The number of nitrogens with one attached hydrogen (secondary N) is 3. The molecular weight excluding hydrogens is 482 g/mol. The van der Waals surface area contributed by atoms with Gasteiger partial charge in [-0.05, 0) is 13.3 Å². The van der Waals surface area contributed by atoms with Gasteiger partial charge in [-0.15, -0.1) is 11.8 Å². The van der Waals surface area contributed by atoms with Crippen LogP contribution in [-0.4, -0.2) is 93.5 Å². The SMILES string of the molecule is C[C@@H](O)[C@H]1C(=O)N2C(C(=O)O)=C(S[C@@H]3CN[C@H](CSCCC(=O)NCCNC(N)=O)C3)[C@H](C)[C@H]12. The summed E-state index contributed by atoms with van der Waals surface area (Å²) in [5, 5.41) is 28.5. The van der Waals surface area contributed by atoms with Gasteiger partial charge in [-0.1, -0.05) is 6.92 Å². The number of primary amides is 1. The molecule has 0 radical (unpaired) electrons. The molecule has 2 fully saturated rings. The van der Waals surface area contributed by atoms with E-state index in [1.165, 1.54) is 16.7 Å². The number of hydrogen-bond acceptors (Lipinski definition) is 8. The van der Waals surface area contributed by atoms with Crippen LogP contribution in [0.2, 0.25) is 0 Å². The molecule has 2 saturated heterocycles. The molecule has 0 aromatic rings. The highest BCUT2D eigenvalue weighted by Crippen LogP contribution is 2.51. The number of amides is 4. The highest BCUT2D eigenvalue weighted by atomic mass is 32.2. The lowest BCUT2D eigenvalue weighted by Crippen LogP contribution is -2.63. The number of fused-ring (bicyclic) bond motifs is 1. The number of carboxylic acids is 1. The van der Waals surface area contributed by atoms with Crippen LogP contribution in [0.3, 0.4) is 0 Å². The summed E-state index contributed by atoms with van der Waals surface area (Å²) in [6.45, 7) is 4.88. The molecule has 7 N–H and O–H groups in total. The number of aliphatic hydroxyl groups is 1. The van der Waals surface area contributed by atoms with Crippen molar-refractivity contribution in [3.8, 4) is 0 Å². The molecule has 4 amide bonds. The molecule has 190 valence electrons. The number of aliphatic hydroxyl groups excluding tert-OH is 1. The van der Waals surface area contributed by atoms with Gasteiger partial charge < -0.3 is 36.8 Å². The zero-order chi connectivity index (χ0) is 25.0. The number of nitrogens with two attached hydrogens (primary N) is 1. The molecule has 0 aromatic carbocycles. The van der Waals surface area contributed by atoms with Crippen LogP contribution in [0.5, 0.6) is 0 Å². The van der Waals surface area contributed by atoms with Crippen molar-refractivity contribution in [2.24, 2.45) is 17.6 Å². The Morgan fingerprint density at radius 1 is 1.29 bits per heavy atom. The van der Waals surface area contributed by atoms with Crippen LogP contribution in [0.1, 0.15) is 26.7 Å². The van der Waals surface area contributed by atoms with E-state index in [-0.39, 0.29) is 40.8 Å². The Bertz CT molecular complexity index is 854. The number of thioether (sulfide) groups is 2. The molecule has 0 saturated carbocycles. The van der Waals surface area contributed by atoms with Crippen molar-refractivity contribution in [3.63, 3.8) is 0 Å². The molecule has 6 atom stereocenters. The topological polar surface area (TPSA) is 174 Å². The Labute approximate surface area is 207 Å².